The van der Waals surface area contributed by atoms with Gasteiger partial charge in [0.2, 0.25) is 0 Å². The summed E-state index contributed by atoms with van der Waals surface area (Å²) in [6.45, 7) is 0. The van der Waals surface area contributed by atoms with Crippen LogP contribution in [0.2, 0.25) is 0 Å². The van der Waals surface area contributed by atoms with E-state index in [0.717, 1.165) is 0 Å². The Kier molecular flexibility index (Phi) is 214. The zero-order valence-corrected chi connectivity index (χ0v) is 32.5. The van der Waals surface area contributed by atoms with E-state index in [9.17, 15) is 0 Å². The van der Waals surface area contributed by atoms with Crippen molar-refractivity contribution in [3.63, 3.8) is 0 Å². The molecular formula is C7Ca7O21. The van der Waals surface area contributed by atoms with E-state index in [0.29, 0.717) is 0 Å². The Bertz CT molecular complexity index is 327. The topological polar surface area (TPSA) is 442 Å². The summed E-state index contributed by atoms with van der Waals surface area (Å²) in [4.78, 5) is 58.3. The van der Waals surface area contributed by atoms with Crippen molar-refractivity contribution in [3.05, 3.63) is 0 Å². The Labute approximate surface area is 402 Å². The molecule has 0 heterocycles. The van der Waals surface area contributed by atoms with E-state index in [-0.39, 0.29) is 264 Å². The smallest absolute Gasteiger partial charge is 0.652 e. The molecule has 0 aliphatic carbocycles. The number of hydrogen-bond acceptors (Lipinski definition) is 21. The molecule has 0 aromatic heterocycles. The summed E-state index contributed by atoms with van der Waals surface area (Å²) in [5, 5.41) is 117. The SMILES string of the molecule is O=C([O-])[O-].O=C([O-])[O-].O=C([O-])[O-].O=C([O-])[O-].O=C([O-])[O-].O=C([O-])[O-].O=C([O-])[O-].[Ca+2].[Ca+2].[Ca+2].[Ca+2].[Ca+2].[Ca+2].[Ca+2]. The minimum Gasteiger partial charge on any atom is -0.652 e. The van der Waals surface area contributed by atoms with Gasteiger partial charge in [-0.3, -0.25) is 0 Å². The summed E-state index contributed by atoms with van der Waals surface area (Å²) in [7, 11) is 0. The van der Waals surface area contributed by atoms with E-state index in [1.54, 1.807) is 0 Å². The van der Waals surface area contributed by atoms with Crippen molar-refractivity contribution in [3.8, 4) is 0 Å². The summed E-state index contributed by atoms with van der Waals surface area (Å²) >= 11 is 0. The van der Waals surface area contributed by atoms with E-state index in [4.69, 9.17) is 105 Å². The average Bonchev–Trinajstić information content (AvgIpc) is 2.20. The Morgan fingerprint density at radius 2 is 0.200 bits per heavy atom. The number of hydrogen-bond donors (Lipinski definition) is 0. The van der Waals surface area contributed by atoms with Crippen LogP contribution in [0.3, 0.4) is 0 Å². The average molecular weight is 701 g/mol. The Balaban J connectivity index is -0.0000000119. The van der Waals surface area contributed by atoms with Gasteiger partial charge in [-0.15, -0.1) is 0 Å². The molecule has 0 spiro atoms. The second-order valence-corrected chi connectivity index (χ2v) is 1.75. The molecule has 0 unspecified atom stereocenters. The van der Waals surface area contributed by atoms with E-state index in [1.807, 2.05) is 0 Å². The third-order valence-electron chi connectivity index (χ3n) is 0. The van der Waals surface area contributed by atoms with Crippen LogP contribution in [0.5, 0.6) is 0 Å². The van der Waals surface area contributed by atoms with Gasteiger partial charge in [0, 0.05) is 0 Å². The molecule has 0 aliphatic heterocycles. The fraction of sp³-hybridized carbons (Fsp3) is 0. The van der Waals surface area contributed by atoms with Crippen molar-refractivity contribution in [1.29, 1.82) is 0 Å². The molecule has 0 bridgehead atoms. The van der Waals surface area contributed by atoms with Crippen molar-refractivity contribution in [2.45, 2.75) is 0 Å². The van der Waals surface area contributed by atoms with Gasteiger partial charge in [-0.2, -0.15) is 0 Å². The van der Waals surface area contributed by atoms with Gasteiger partial charge in [-0.1, -0.05) is 0 Å². The fourth-order valence-corrected chi connectivity index (χ4v) is 0. The molecule has 35 heavy (non-hydrogen) atoms. The minimum atomic E-state index is -2.33. The zero-order valence-electron chi connectivity index (χ0n) is 17.0. The van der Waals surface area contributed by atoms with Gasteiger partial charge in [0.15, 0.2) is 0 Å². The predicted molar refractivity (Wildman–Crippen MR) is 78.0 cm³/mol. The van der Waals surface area contributed by atoms with E-state index >= 15 is 0 Å². The number of carboxylic acid groups (broad SMARTS) is 14. The third kappa shape index (κ3) is 3500. The van der Waals surface area contributed by atoms with Crippen LogP contribution in [-0.2, 0) is 0 Å². The maximum Gasteiger partial charge on any atom is 2.00 e. The van der Waals surface area contributed by atoms with Crippen LogP contribution in [0.1, 0.15) is 0 Å². The van der Waals surface area contributed by atoms with Crippen LogP contribution in [0, 0.1) is 0 Å². The first-order valence-electron chi connectivity index (χ1n) is 4.29. The van der Waals surface area contributed by atoms with Crippen molar-refractivity contribution in [2.75, 3.05) is 0 Å². The summed E-state index contributed by atoms with van der Waals surface area (Å²) < 4.78 is 0. The Morgan fingerprint density at radius 3 is 0.200 bits per heavy atom. The summed E-state index contributed by atoms with van der Waals surface area (Å²) in [6, 6.07) is 0. The van der Waals surface area contributed by atoms with Gasteiger partial charge in [-0.05, 0) is 43.1 Å². The van der Waals surface area contributed by atoms with Gasteiger partial charge in [0.05, 0.1) is 0 Å². The standard InChI is InChI=1S/7CH2O3.7Ca/c7*2-1(3)4;;;;;;;/h7*(H2,2,3,4);;;;;;;/q;;;;;;;7*+2/p-14. The maximum atomic E-state index is 8.33. The summed E-state index contributed by atoms with van der Waals surface area (Å²) in [5.74, 6) is 0. The van der Waals surface area contributed by atoms with E-state index < -0.39 is 43.1 Å². The second kappa shape index (κ2) is 83.2. The predicted octanol–water partition coefficient (Wildman–Crippen LogP) is -19.8. The zero-order chi connectivity index (χ0) is 25.0. The van der Waals surface area contributed by atoms with Gasteiger partial charge < -0.3 is 105 Å². The molecule has 0 saturated heterocycles. The molecule has 0 rings (SSSR count). The van der Waals surface area contributed by atoms with Crippen LogP contribution in [0.25, 0.3) is 0 Å². The minimum absolute atomic E-state index is 0. The first-order chi connectivity index (χ1) is 12.1. The van der Waals surface area contributed by atoms with Gasteiger partial charge in [0.25, 0.3) is 0 Å². The second-order valence-electron chi connectivity index (χ2n) is 1.75. The molecule has 0 N–H and O–H groups in total. The van der Waals surface area contributed by atoms with E-state index in [1.165, 1.54) is 0 Å². The first-order valence-corrected chi connectivity index (χ1v) is 4.29. The Morgan fingerprint density at radius 1 is 0.200 bits per heavy atom. The molecule has 0 atom stereocenters. The molecule has 0 aliphatic rings. The number of carbonyl (C=O) groups is 7. The largest absolute Gasteiger partial charge is 2.00 e. The van der Waals surface area contributed by atoms with Crippen LogP contribution >= 0.6 is 0 Å². The normalized spacial score (nSPS) is 4.80. The molecule has 0 radical (unpaired) electrons. The number of carbonyl (C=O) groups excluding carboxylic acids is 7. The van der Waals surface area contributed by atoms with Crippen LogP contribution in [0.15, 0.2) is 0 Å². The molecule has 28 heteroatoms. The monoisotopic (exact) mass is 700 g/mol. The van der Waals surface area contributed by atoms with Crippen molar-refractivity contribution < 1.29 is 105 Å². The molecular weight excluding hydrogens is 701 g/mol. The van der Waals surface area contributed by atoms with Crippen LogP contribution in [0.4, 0.5) is 33.6 Å². The van der Waals surface area contributed by atoms with Crippen molar-refractivity contribution in [2.24, 2.45) is 0 Å². The van der Waals surface area contributed by atoms with Crippen LogP contribution in [-0.4, -0.2) is 307 Å². The molecule has 0 saturated carbocycles. The van der Waals surface area contributed by atoms with E-state index in [2.05, 4.69) is 0 Å². The molecule has 0 fully saturated rings. The molecule has 0 aromatic carbocycles. The van der Waals surface area contributed by atoms with Gasteiger partial charge in [0.1, 0.15) is 0 Å². The fourth-order valence-electron chi connectivity index (χ4n) is 0. The molecule has 0 aromatic rings. The first kappa shape index (κ1) is 90.2. The summed E-state index contributed by atoms with van der Waals surface area (Å²) in [5.41, 5.74) is 0. The number of rotatable bonds is 0. The third-order valence-corrected chi connectivity index (χ3v) is 0. The van der Waals surface area contributed by atoms with Crippen molar-refractivity contribution in [1.82, 2.24) is 0 Å². The van der Waals surface area contributed by atoms with Gasteiger partial charge >= 0.3 is 264 Å². The molecule has 21 nitrogen and oxygen atoms in total. The molecule has 168 valence electrons. The molecule has 0 amide bonds. The Hall–Kier alpha value is 3.71. The quantitative estimate of drug-likeness (QED) is 0.212. The van der Waals surface area contributed by atoms with Crippen molar-refractivity contribution >= 4 is 307 Å². The van der Waals surface area contributed by atoms with Gasteiger partial charge in [-0.25, -0.2) is 0 Å². The van der Waals surface area contributed by atoms with Crippen LogP contribution < -0.4 is 71.5 Å². The maximum absolute atomic E-state index is 8.33. The summed E-state index contributed by atoms with van der Waals surface area (Å²) in [6.07, 6.45) is -16.3.